The van der Waals surface area contributed by atoms with E-state index in [1.165, 1.54) is 12.7 Å². The van der Waals surface area contributed by atoms with Crippen molar-refractivity contribution in [1.82, 2.24) is 0 Å². The molecule has 0 radical (unpaired) electrons. The van der Waals surface area contributed by atoms with E-state index in [0.717, 1.165) is 11.1 Å². The zero-order chi connectivity index (χ0) is 18.4. The Hall–Kier alpha value is -3.33. The molecule has 0 aliphatic heterocycles. The molecule has 0 atom stereocenters. The topological polar surface area (TPSA) is 35.5 Å². The predicted octanol–water partition coefficient (Wildman–Crippen LogP) is 5.27. The Balaban J connectivity index is 1.76. The number of methoxy groups -OCH3 is 2. The molecular formula is C23H20O3. The minimum absolute atomic E-state index is 0.114. The molecule has 0 heterocycles. The van der Waals surface area contributed by atoms with Crippen LogP contribution in [0.1, 0.15) is 15.9 Å². The minimum atomic E-state index is -0.114. The first kappa shape index (κ1) is 17.5. The fraction of sp³-hybridized carbons (Fsp3) is 0.0870. The molecule has 130 valence electrons. The lowest BCUT2D eigenvalue weighted by atomic mass is 10.0. The van der Waals surface area contributed by atoms with Crippen LogP contribution in [0.4, 0.5) is 0 Å². The van der Waals surface area contributed by atoms with Gasteiger partial charge in [0, 0.05) is 6.07 Å². The molecule has 0 unspecified atom stereocenters. The van der Waals surface area contributed by atoms with Gasteiger partial charge < -0.3 is 9.47 Å². The number of ether oxygens (including phenoxy) is 2. The van der Waals surface area contributed by atoms with Crippen LogP contribution in [-0.2, 0) is 0 Å². The van der Waals surface area contributed by atoms with Crippen molar-refractivity contribution in [3.8, 4) is 22.6 Å². The summed E-state index contributed by atoms with van der Waals surface area (Å²) in [7, 11) is 3.12. The quantitative estimate of drug-likeness (QED) is 0.451. The van der Waals surface area contributed by atoms with Gasteiger partial charge in [-0.05, 0) is 34.9 Å². The monoisotopic (exact) mass is 344 g/mol. The summed E-state index contributed by atoms with van der Waals surface area (Å²) in [6.45, 7) is 0. The minimum Gasteiger partial charge on any atom is -0.497 e. The smallest absolute Gasteiger partial charge is 0.189 e. The number of hydrogen-bond donors (Lipinski definition) is 0. The first-order valence-electron chi connectivity index (χ1n) is 8.31. The van der Waals surface area contributed by atoms with Gasteiger partial charge in [-0.3, -0.25) is 4.79 Å². The summed E-state index contributed by atoms with van der Waals surface area (Å²) in [5.41, 5.74) is 3.78. The van der Waals surface area contributed by atoms with Gasteiger partial charge in [0.15, 0.2) is 5.78 Å². The Morgan fingerprint density at radius 1 is 0.808 bits per heavy atom. The molecule has 0 saturated heterocycles. The van der Waals surface area contributed by atoms with E-state index < -0.39 is 0 Å². The van der Waals surface area contributed by atoms with Crippen LogP contribution in [0.25, 0.3) is 17.2 Å². The highest BCUT2D eigenvalue weighted by Crippen LogP contribution is 2.25. The van der Waals surface area contributed by atoms with Gasteiger partial charge in [0.05, 0.1) is 19.8 Å². The van der Waals surface area contributed by atoms with Crippen LogP contribution >= 0.6 is 0 Å². The zero-order valence-corrected chi connectivity index (χ0v) is 14.8. The summed E-state index contributed by atoms with van der Waals surface area (Å²) < 4.78 is 10.5. The molecule has 3 nitrogen and oxygen atoms in total. The predicted molar refractivity (Wildman–Crippen MR) is 105 cm³/mol. The third kappa shape index (κ3) is 4.01. The van der Waals surface area contributed by atoms with Gasteiger partial charge in [-0.1, -0.05) is 60.7 Å². The largest absolute Gasteiger partial charge is 0.497 e. The van der Waals surface area contributed by atoms with Crippen LogP contribution < -0.4 is 9.47 Å². The molecule has 0 bridgehead atoms. The third-order valence-electron chi connectivity index (χ3n) is 4.12. The molecule has 0 N–H and O–H groups in total. The summed E-state index contributed by atoms with van der Waals surface area (Å²) in [4.78, 5) is 12.5. The number of ketones is 1. The van der Waals surface area contributed by atoms with Gasteiger partial charge in [0.25, 0.3) is 0 Å². The molecule has 0 fully saturated rings. The first-order valence-corrected chi connectivity index (χ1v) is 8.31. The van der Waals surface area contributed by atoms with E-state index in [9.17, 15) is 4.79 Å². The van der Waals surface area contributed by atoms with E-state index in [0.29, 0.717) is 17.1 Å². The molecule has 0 amide bonds. The van der Waals surface area contributed by atoms with Crippen molar-refractivity contribution in [2.45, 2.75) is 0 Å². The highest BCUT2D eigenvalue weighted by atomic mass is 16.5. The van der Waals surface area contributed by atoms with E-state index in [2.05, 4.69) is 12.1 Å². The molecule has 3 aromatic carbocycles. The third-order valence-corrected chi connectivity index (χ3v) is 4.12. The molecule has 3 rings (SSSR count). The van der Waals surface area contributed by atoms with Gasteiger partial charge in [-0.15, -0.1) is 0 Å². The van der Waals surface area contributed by atoms with E-state index >= 15 is 0 Å². The zero-order valence-electron chi connectivity index (χ0n) is 14.8. The Bertz CT molecular complexity index is 910. The van der Waals surface area contributed by atoms with Gasteiger partial charge in [0.2, 0.25) is 0 Å². The van der Waals surface area contributed by atoms with Crippen molar-refractivity contribution in [2.75, 3.05) is 14.2 Å². The molecule has 0 spiro atoms. The highest BCUT2D eigenvalue weighted by Gasteiger charge is 2.10. The molecule has 0 saturated carbocycles. The lowest BCUT2D eigenvalue weighted by molar-refractivity contribution is 0.104. The van der Waals surface area contributed by atoms with E-state index in [-0.39, 0.29) is 5.78 Å². The van der Waals surface area contributed by atoms with Crippen molar-refractivity contribution in [3.63, 3.8) is 0 Å². The van der Waals surface area contributed by atoms with Crippen LogP contribution in [0.3, 0.4) is 0 Å². The van der Waals surface area contributed by atoms with Crippen LogP contribution in [0, 0.1) is 0 Å². The number of benzene rings is 3. The van der Waals surface area contributed by atoms with Crippen LogP contribution in [-0.4, -0.2) is 20.0 Å². The molecule has 3 heteroatoms. The SMILES string of the molecule is COc1ccc(C(=O)/C=C/c2ccc(-c3ccccc3)cc2)c(OC)c1. The van der Waals surface area contributed by atoms with Crippen LogP contribution in [0.15, 0.2) is 78.9 Å². The number of carbonyl (C=O) groups excluding carboxylic acids is 1. The summed E-state index contributed by atoms with van der Waals surface area (Å²) in [5.74, 6) is 1.04. The van der Waals surface area contributed by atoms with Gasteiger partial charge in [0.1, 0.15) is 11.5 Å². The van der Waals surface area contributed by atoms with E-state index in [1.807, 2.05) is 42.5 Å². The Morgan fingerprint density at radius 2 is 1.50 bits per heavy atom. The maximum absolute atomic E-state index is 12.5. The molecule has 0 aromatic heterocycles. The lowest BCUT2D eigenvalue weighted by Crippen LogP contribution is -1.99. The number of carbonyl (C=O) groups is 1. The van der Waals surface area contributed by atoms with Crippen LogP contribution in [0.2, 0.25) is 0 Å². The fourth-order valence-electron chi connectivity index (χ4n) is 2.68. The average molecular weight is 344 g/mol. The first-order chi connectivity index (χ1) is 12.7. The Morgan fingerprint density at radius 3 is 2.15 bits per heavy atom. The van der Waals surface area contributed by atoms with Gasteiger partial charge >= 0.3 is 0 Å². The van der Waals surface area contributed by atoms with Gasteiger partial charge in [-0.25, -0.2) is 0 Å². The second kappa shape index (κ2) is 8.17. The molecule has 3 aromatic rings. The Labute approximate surface area is 153 Å². The normalized spacial score (nSPS) is 10.7. The number of allylic oxidation sites excluding steroid dienone is 1. The molecule has 0 aliphatic carbocycles. The summed E-state index contributed by atoms with van der Waals surface area (Å²) in [6.07, 6.45) is 3.36. The van der Waals surface area contributed by atoms with Crippen molar-refractivity contribution in [2.24, 2.45) is 0 Å². The fourth-order valence-corrected chi connectivity index (χ4v) is 2.68. The van der Waals surface area contributed by atoms with Crippen molar-refractivity contribution < 1.29 is 14.3 Å². The average Bonchev–Trinajstić information content (AvgIpc) is 2.72. The van der Waals surface area contributed by atoms with Gasteiger partial charge in [-0.2, -0.15) is 0 Å². The van der Waals surface area contributed by atoms with Crippen molar-refractivity contribution in [3.05, 3.63) is 90.0 Å². The van der Waals surface area contributed by atoms with E-state index in [4.69, 9.17) is 9.47 Å². The Kier molecular flexibility index (Phi) is 5.49. The summed E-state index contributed by atoms with van der Waals surface area (Å²) in [5, 5.41) is 0. The summed E-state index contributed by atoms with van der Waals surface area (Å²) >= 11 is 0. The van der Waals surface area contributed by atoms with Crippen molar-refractivity contribution >= 4 is 11.9 Å². The number of rotatable bonds is 6. The standard InChI is InChI=1S/C23H20O3/c1-25-20-13-14-21(23(16-20)26-2)22(24)15-10-17-8-11-19(12-9-17)18-6-4-3-5-7-18/h3-16H,1-2H3/b15-10+. The maximum Gasteiger partial charge on any atom is 0.189 e. The molecular weight excluding hydrogens is 324 g/mol. The molecule has 0 aliphatic rings. The summed E-state index contributed by atoms with van der Waals surface area (Å²) in [6, 6.07) is 23.4. The molecule has 26 heavy (non-hydrogen) atoms. The second-order valence-electron chi connectivity index (χ2n) is 5.75. The van der Waals surface area contributed by atoms with E-state index in [1.54, 1.807) is 37.5 Å². The maximum atomic E-state index is 12.5. The van der Waals surface area contributed by atoms with Crippen molar-refractivity contribution in [1.29, 1.82) is 0 Å². The number of hydrogen-bond acceptors (Lipinski definition) is 3. The van der Waals surface area contributed by atoms with Crippen LogP contribution in [0.5, 0.6) is 11.5 Å². The second-order valence-corrected chi connectivity index (χ2v) is 5.75. The lowest BCUT2D eigenvalue weighted by Gasteiger charge is -2.08. The highest BCUT2D eigenvalue weighted by molar-refractivity contribution is 6.08.